The molecule has 114 valence electrons. The fraction of sp³-hybridized carbons (Fsp3) is 0.500. The smallest absolute Gasteiger partial charge is 0.238 e. The van der Waals surface area contributed by atoms with Gasteiger partial charge in [0.05, 0.1) is 11.4 Å². The lowest BCUT2D eigenvalue weighted by molar-refractivity contribution is 0.452. The first kappa shape index (κ1) is 14.9. The van der Waals surface area contributed by atoms with E-state index in [2.05, 4.69) is 10.3 Å². The number of hydrogen-bond acceptors (Lipinski definition) is 4. The second kappa shape index (κ2) is 5.62. The number of nitrogens with zero attached hydrogens (tertiary/aromatic N) is 1. The quantitative estimate of drug-likeness (QED) is 0.888. The van der Waals surface area contributed by atoms with Crippen LogP contribution in [-0.2, 0) is 16.6 Å². The number of benzene rings is 1. The van der Waals surface area contributed by atoms with Gasteiger partial charge < -0.3 is 5.32 Å². The lowest BCUT2D eigenvalue weighted by atomic mass is 10.0. The van der Waals surface area contributed by atoms with Gasteiger partial charge in [-0.3, -0.25) is 4.99 Å². The van der Waals surface area contributed by atoms with Crippen LogP contribution in [0.5, 0.6) is 0 Å². The molecule has 0 aromatic heterocycles. The third kappa shape index (κ3) is 3.41. The molecule has 1 heterocycles. The molecule has 1 spiro atoms. The first-order valence-electron chi connectivity index (χ1n) is 7.04. The molecular weight excluding hydrogens is 306 g/mol. The summed E-state index contributed by atoms with van der Waals surface area (Å²) in [6.07, 6.45) is 5.08. The van der Waals surface area contributed by atoms with Crippen molar-refractivity contribution in [3.05, 3.63) is 29.8 Å². The Labute approximate surface area is 129 Å². The van der Waals surface area contributed by atoms with Gasteiger partial charge in [-0.1, -0.05) is 36.7 Å². The monoisotopic (exact) mass is 325 g/mol. The number of nitrogens with one attached hydrogen (secondary N) is 1. The van der Waals surface area contributed by atoms with E-state index >= 15 is 0 Å². The van der Waals surface area contributed by atoms with Crippen LogP contribution in [0.1, 0.15) is 31.2 Å². The Bertz CT molecular complexity index is 647. The summed E-state index contributed by atoms with van der Waals surface area (Å²) >= 11 is 1.79. The molecule has 3 rings (SSSR count). The van der Waals surface area contributed by atoms with E-state index in [1.807, 2.05) is 0 Å². The van der Waals surface area contributed by atoms with E-state index in [-0.39, 0.29) is 10.4 Å². The first-order chi connectivity index (χ1) is 9.97. The molecule has 21 heavy (non-hydrogen) atoms. The molecule has 1 saturated carbocycles. The van der Waals surface area contributed by atoms with Gasteiger partial charge >= 0.3 is 0 Å². The molecule has 3 N–H and O–H groups in total. The fourth-order valence-electron chi connectivity index (χ4n) is 2.86. The molecule has 1 aliphatic heterocycles. The number of rotatable bonds is 3. The molecule has 1 aromatic carbocycles. The van der Waals surface area contributed by atoms with E-state index in [4.69, 9.17) is 5.14 Å². The Balaban J connectivity index is 1.64. The zero-order valence-electron chi connectivity index (χ0n) is 11.7. The fourth-order valence-corrected chi connectivity index (χ4v) is 4.59. The molecule has 1 aromatic rings. The maximum atomic E-state index is 11.2. The van der Waals surface area contributed by atoms with E-state index in [1.54, 1.807) is 23.9 Å². The normalized spacial score (nSPS) is 22.8. The highest BCUT2D eigenvalue weighted by molar-refractivity contribution is 8.14. The van der Waals surface area contributed by atoms with Crippen LogP contribution in [-0.4, -0.2) is 24.9 Å². The maximum absolute atomic E-state index is 11.2. The van der Waals surface area contributed by atoms with Crippen molar-refractivity contribution in [2.24, 2.45) is 10.1 Å². The van der Waals surface area contributed by atoms with Crippen molar-refractivity contribution < 1.29 is 8.42 Å². The van der Waals surface area contributed by atoms with Gasteiger partial charge in [-0.25, -0.2) is 13.6 Å². The highest BCUT2D eigenvalue weighted by atomic mass is 32.2. The van der Waals surface area contributed by atoms with Gasteiger partial charge in [0.1, 0.15) is 0 Å². The molecule has 0 atom stereocenters. The molecule has 0 unspecified atom stereocenters. The Kier molecular flexibility index (Phi) is 3.98. The van der Waals surface area contributed by atoms with Gasteiger partial charge in [0.2, 0.25) is 10.0 Å². The van der Waals surface area contributed by atoms with Crippen molar-refractivity contribution >= 4 is 27.0 Å². The van der Waals surface area contributed by atoms with Crippen molar-refractivity contribution in [2.75, 3.05) is 5.75 Å². The standard InChI is InChI=1S/C14H19N3O2S2/c15-21(18,19)12-5-3-11(4-6-12)9-16-13-17-14(10-20-13)7-1-2-8-14/h3-6H,1-2,7-10H2,(H,16,17)(H2,15,18,19). The predicted molar refractivity (Wildman–Crippen MR) is 85.7 cm³/mol. The van der Waals surface area contributed by atoms with Crippen molar-refractivity contribution in [2.45, 2.75) is 42.7 Å². The minimum absolute atomic E-state index is 0.136. The third-order valence-corrected chi connectivity index (χ3v) is 6.21. The van der Waals surface area contributed by atoms with Crippen molar-refractivity contribution in [1.29, 1.82) is 0 Å². The average Bonchev–Trinajstić information content (AvgIpc) is 3.07. The number of hydrogen-bond donors (Lipinski definition) is 2. The van der Waals surface area contributed by atoms with Crippen LogP contribution >= 0.6 is 11.8 Å². The van der Waals surface area contributed by atoms with Crippen molar-refractivity contribution in [3.63, 3.8) is 0 Å². The van der Waals surface area contributed by atoms with E-state index in [9.17, 15) is 8.42 Å². The van der Waals surface area contributed by atoms with Gasteiger partial charge in [0.15, 0.2) is 5.17 Å². The van der Waals surface area contributed by atoms with Gasteiger partial charge in [-0.15, -0.1) is 0 Å². The molecule has 5 nitrogen and oxygen atoms in total. The summed E-state index contributed by atoms with van der Waals surface area (Å²) in [7, 11) is -3.62. The number of primary sulfonamides is 1. The third-order valence-electron chi connectivity index (χ3n) is 4.08. The summed E-state index contributed by atoms with van der Waals surface area (Å²) in [5.41, 5.74) is 1.26. The van der Waals surface area contributed by atoms with Crippen LogP contribution in [0.15, 0.2) is 34.2 Å². The minimum atomic E-state index is -3.62. The lowest BCUT2D eigenvalue weighted by Gasteiger charge is -2.21. The Morgan fingerprint density at radius 3 is 2.52 bits per heavy atom. The topological polar surface area (TPSA) is 84.6 Å². The van der Waals surface area contributed by atoms with Crippen molar-refractivity contribution in [3.8, 4) is 0 Å². The molecule has 0 radical (unpaired) electrons. The molecule has 2 fully saturated rings. The van der Waals surface area contributed by atoms with E-state index < -0.39 is 10.0 Å². The largest absolute Gasteiger partial charge is 0.359 e. The first-order valence-corrected chi connectivity index (χ1v) is 9.57. The van der Waals surface area contributed by atoms with Gasteiger partial charge in [-0.2, -0.15) is 0 Å². The second-order valence-corrected chi connectivity index (χ2v) is 8.24. The number of amidine groups is 1. The molecule has 0 amide bonds. The number of thioether (sulfide) groups is 1. The van der Waals surface area contributed by atoms with Crippen LogP contribution in [0.25, 0.3) is 0 Å². The van der Waals surface area contributed by atoms with E-state index in [0.717, 1.165) is 16.5 Å². The van der Waals surface area contributed by atoms with Crippen LogP contribution < -0.4 is 10.5 Å². The maximum Gasteiger partial charge on any atom is 0.238 e. The SMILES string of the molecule is NS(=O)(=O)c1ccc(CN=C2NC3(CCCC3)CS2)cc1. The average molecular weight is 325 g/mol. The van der Waals surface area contributed by atoms with Crippen LogP contribution in [0.3, 0.4) is 0 Å². The summed E-state index contributed by atoms with van der Waals surface area (Å²) in [5, 5.41) is 9.65. The van der Waals surface area contributed by atoms with Crippen LogP contribution in [0.4, 0.5) is 0 Å². The highest BCUT2D eigenvalue weighted by Gasteiger charge is 2.39. The molecule has 0 bridgehead atoms. The summed E-state index contributed by atoms with van der Waals surface area (Å²) in [5.74, 6) is 1.11. The van der Waals surface area contributed by atoms with Gasteiger partial charge in [0.25, 0.3) is 0 Å². The zero-order valence-corrected chi connectivity index (χ0v) is 13.3. The summed E-state index contributed by atoms with van der Waals surface area (Å²) < 4.78 is 22.4. The molecule has 1 aliphatic carbocycles. The lowest BCUT2D eigenvalue weighted by Crippen LogP contribution is -2.40. The Morgan fingerprint density at radius 1 is 1.24 bits per heavy atom. The minimum Gasteiger partial charge on any atom is -0.359 e. The summed E-state index contributed by atoms with van der Waals surface area (Å²) in [6, 6.07) is 6.57. The van der Waals surface area contributed by atoms with E-state index in [1.165, 1.54) is 37.8 Å². The van der Waals surface area contributed by atoms with Crippen LogP contribution in [0, 0.1) is 0 Å². The van der Waals surface area contributed by atoms with Gasteiger partial charge in [-0.05, 0) is 30.5 Å². The zero-order chi connectivity index (χ0) is 14.9. The molecule has 2 aliphatic rings. The number of nitrogens with two attached hydrogens (primary N) is 1. The van der Waals surface area contributed by atoms with Crippen molar-refractivity contribution in [1.82, 2.24) is 5.32 Å². The molecular formula is C14H19N3O2S2. The van der Waals surface area contributed by atoms with Gasteiger partial charge in [0, 0.05) is 11.3 Å². The highest BCUT2D eigenvalue weighted by Crippen LogP contribution is 2.37. The second-order valence-electron chi connectivity index (χ2n) is 5.71. The Morgan fingerprint density at radius 2 is 1.90 bits per heavy atom. The summed E-state index contributed by atoms with van der Waals surface area (Å²) in [4.78, 5) is 4.73. The Hall–Kier alpha value is -1.05. The molecule has 7 heteroatoms. The predicted octanol–water partition coefficient (Wildman–Crippen LogP) is 1.84. The summed E-state index contributed by atoms with van der Waals surface area (Å²) in [6.45, 7) is 0.552. The number of aliphatic imine (C=N–C) groups is 1. The number of sulfonamides is 1. The molecule has 1 saturated heterocycles. The van der Waals surface area contributed by atoms with Crippen LogP contribution in [0.2, 0.25) is 0 Å². The van der Waals surface area contributed by atoms with E-state index in [0.29, 0.717) is 6.54 Å².